The number of nitrogens with zero attached hydrogens (tertiary/aromatic N) is 4. The number of H-pyrrole nitrogens is 1. The molecule has 1 saturated heterocycles. The van der Waals surface area contributed by atoms with Gasteiger partial charge in [-0.05, 0) is 37.0 Å². The van der Waals surface area contributed by atoms with Gasteiger partial charge < -0.3 is 15.2 Å². The number of hydrogen-bond donors (Lipinski definition) is 2. The Labute approximate surface area is 160 Å². The molecular formula is C21H28N6. The van der Waals surface area contributed by atoms with Crippen LogP contribution in [0.4, 0.5) is 0 Å². The van der Waals surface area contributed by atoms with Crippen molar-refractivity contribution in [3.63, 3.8) is 0 Å². The second kappa shape index (κ2) is 7.47. The van der Waals surface area contributed by atoms with Crippen molar-refractivity contribution in [1.29, 1.82) is 0 Å². The zero-order valence-electron chi connectivity index (χ0n) is 16.4. The third-order valence-corrected chi connectivity index (χ3v) is 5.58. The topological polar surface area (TPSA) is 61.2 Å². The average Bonchev–Trinajstić information content (AvgIpc) is 3.38. The number of aromatic amines is 1. The Kier molecular flexibility index (Phi) is 4.88. The molecule has 0 bridgehead atoms. The molecule has 1 unspecified atom stereocenters. The van der Waals surface area contributed by atoms with Crippen LogP contribution in [0.3, 0.4) is 0 Å². The van der Waals surface area contributed by atoms with Crippen LogP contribution in [0.5, 0.6) is 0 Å². The number of para-hydroxylation sites is 1. The predicted octanol–water partition coefficient (Wildman–Crippen LogP) is 2.82. The van der Waals surface area contributed by atoms with Gasteiger partial charge in [0.15, 0.2) is 5.96 Å². The van der Waals surface area contributed by atoms with Crippen LogP contribution in [-0.2, 0) is 13.5 Å². The van der Waals surface area contributed by atoms with Gasteiger partial charge in [-0.15, -0.1) is 0 Å². The third-order valence-electron chi connectivity index (χ3n) is 5.58. The lowest BCUT2D eigenvalue weighted by molar-refractivity contribution is 0.486. The molecule has 0 spiro atoms. The van der Waals surface area contributed by atoms with Crippen molar-refractivity contribution in [3.05, 3.63) is 53.5 Å². The maximum absolute atomic E-state index is 4.51. The van der Waals surface area contributed by atoms with Crippen molar-refractivity contribution in [2.45, 2.75) is 25.7 Å². The van der Waals surface area contributed by atoms with E-state index >= 15 is 0 Å². The van der Waals surface area contributed by atoms with Gasteiger partial charge in [-0.25, -0.2) is 0 Å². The molecule has 0 radical (unpaired) electrons. The highest BCUT2D eigenvalue weighted by Crippen LogP contribution is 2.27. The van der Waals surface area contributed by atoms with Gasteiger partial charge in [-0.1, -0.05) is 18.2 Å². The number of aryl methyl sites for hydroxylation is 2. The summed E-state index contributed by atoms with van der Waals surface area (Å²) in [6, 6.07) is 8.52. The minimum atomic E-state index is 0.535. The van der Waals surface area contributed by atoms with Crippen molar-refractivity contribution in [3.8, 4) is 0 Å². The molecule has 0 amide bonds. The fourth-order valence-corrected chi connectivity index (χ4v) is 4.16. The van der Waals surface area contributed by atoms with Crippen LogP contribution < -0.4 is 5.32 Å². The van der Waals surface area contributed by atoms with E-state index in [9.17, 15) is 0 Å². The van der Waals surface area contributed by atoms with Gasteiger partial charge in [0.25, 0.3) is 0 Å². The number of hydrogen-bond acceptors (Lipinski definition) is 2. The molecule has 4 rings (SSSR count). The normalized spacial score (nSPS) is 17.8. The van der Waals surface area contributed by atoms with Gasteiger partial charge >= 0.3 is 0 Å². The summed E-state index contributed by atoms with van der Waals surface area (Å²) in [5, 5.41) is 9.20. The van der Waals surface area contributed by atoms with Gasteiger partial charge in [-0.2, -0.15) is 5.10 Å². The van der Waals surface area contributed by atoms with Crippen molar-refractivity contribution < 1.29 is 0 Å². The van der Waals surface area contributed by atoms with E-state index in [1.165, 1.54) is 27.7 Å². The minimum absolute atomic E-state index is 0.535. The minimum Gasteiger partial charge on any atom is -0.358 e. The van der Waals surface area contributed by atoms with E-state index in [1.54, 1.807) is 0 Å². The van der Waals surface area contributed by atoms with Crippen molar-refractivity contribution >= 4 is 16.9 Å². The monoisotopic (exact) mass is 364 g/mol. The van der Waals surface area contributed by atoms with Crippen LogP contribution >= 0.6 is 0 Å². The molecule has 142 valence electrons. The van der Waals surface area contributed by atoms with E-state index in [4.69, 9.17) is 0 Å². The molecule has 6 heteroatoms. The number of fused-ring (bicyclic) bond motifs is 1. The quantitative estimate of drug-likeness (QED) is 0.553. The van der Waals surface area contributed by atoms with Crippen LogP contribution in [0.2, 0.25) is 0 Å². The Balaban J connectivity index is 1.36. The summed E-state index contributed by atoms with van der Waals surface area (Å²) >= 11 is 0. The lowest BCUT2D eigenvalue weighted by atomic mass is 10.0. The van der Waals surface area contributed by atoms with Crippen LogP contribution in [-0.4, -0.2) is 52.3 Å². The van der Waals surface area contributed by atoms with E-state index in [2.05, 4.69) is 62.7 Å². The number of likely N-dealkylation sites (tertiary alicyclic amines) is 1. The predicted molar refractivity (Wildman–Crippen MR) is 110 cm³/mol. The van der Waals surface area contributed by atoms with E-state index in [1.807, 2.05) is 25.0 Å². The second-order valence-electron chi connectivity index (χ2n) is 7.38. The van der Waals surface area contributed by atoms with E-state index < -0.39 is 0 Å². The molecule has 2 N–H and O–H groups in total. The summed E-state index contributed by atoms with van der Waals surface area (Å²) < 4.78 is 1.88. The molecule has 1 aromatic carbocycles. The molecule has 1 fully saturated rings. The molecule has 1 aliphatic heterocycles. The first-order valence-electron chi connectivity index (χ1n) is 9.66. The maximum atomic E-state index is 4.51. The van der Waals surface area contributed by atoms with E-state index in [-0.39, 0.29) is 0 Å². The summed E-state index contributed by atoms with van der Waals surface area (Å²) in [5.74, 6) is 1.53. The summed E-state index contributed by atoms with van der Waals surface area (Å²) in [6.45, 7) is 5.06. The standard InChI is InChI=1S/C21H28N6/c1-15-18(19-6-4-5-7-20(19)25-15)8-10-23-21(22-2)27-11-9-16(14-27)17-12-24-26(3)13-17/h4-7,12-13,16,25H,8-11,14H2,1-3H3,(H,22,23). The highest BCUT2D eigenvalue weighted by Gasteiger charge is 2.26. The van der Waals surface area contributed by atoms with Crippen LogP contribution in [0.1, 0.15) is 29.2 Å². The van der Waals surface area contributed by atoms with Gasteiger partial charge in [0.05, 0.1) is 6.20 Å². The maximum Gasteiger partial charge on any atom is 0.193 e. The highest BCUT2D eigenvalue weighted by molar-refractivity contribution is 5.85. The average molecular weight is 364 g/mol. The summed E-state index contributed by atoms with van der Waals surface area (Å²) in [7, 11) is 3.85. The largest absolute Gasteiger partial charge is 0.358 e. The first-order chi connectivity index (χ1) is 13.2. The Morgan fingerprint density at radius 2 is 2.22 bits per heavy atom. The third kappa shape index (κ3) is 3.56. The molecule has 2 aromatic heterocycles. The molecule has 1 atom stereocenters. The summed E-state index contributed by atoms with van der Waals surface area (Å²) in [6.07, 6.45) is 6.25. The summed E-state index contributed by atoms with van der Waals surface area (Å²) in [4.78, 5) is 10.4. The molecule has 0 saturated carbocycles. The van der Waals surface area contributed by atoms with Gasteiger partial charge in [0.2, 0.25) is 0 Å². The first-order valence-corrected chi connectivity index (χ1v) is 9.66. The van der Waals surface area contributed by atoms with Gasteiger partial charge in [0.1, 0.15) is 0 Å². The second-order valence-corrected chi connectivity index (χ2v) is 7.38. The van der Waals surface area contributed by atoms with E-state index in [0.29, 0.717) is 5.92 Å². The lowest BCUT2D eigenvalue weighted by Crippen LogP contribution is -2.40. The molecule has 1 aliphatic rings. The smallest absolute Gasteiger partial charge is 0.193 e. The van der Waals surface area contributed by atoms with Crippen molar-refractivity contribution in [2.24, 2.45) is 12.0 Å². The van der Waals surface area contributed by atoms with Crippen molar-refractivity contribution in [1.82, 2.24) is 25.0 Å². The zero-order chi connectivity index (χ0) is 18.8. The molecule has 0 aliphatic carbocycles. The Morgan fingerprint density at radius 1 is 1.37 bits per heavy atom. The Bertz CT molecular complexity index is 951. The number of guanidine groups is 1. The molecule has 3 aromatic rings. The number of rotatable bonds is 4. The molecule has 3 heterocycles. The van der Waals surface area contributed by atoms with Crippen molar-refractivity contribution in [2.75, 3.05) is 26.7 Å². The highest BCUT2D eigenvalue weighted by atomic mass is 15.3. The fourth-order valence-electron chi connectivity index (χ4n) is 4.16. The van der Waals surface area contributed by atoms with E-state index in [0.717, 1.165) is 38.4 Å². The van der Waals surface area contributed by atoms with Gasteiger partial charge in [-0.3, -0.25) is 9.67 Å². The molecular weight excluding hydrogens is 336 g/mol. The lowest BCUT2D eigenvalue weighted by Gasteiger charge is -2.21. The Morgan fingerprint density at radius 3 is 3.00 bits per heavy atom. The van der Waals surface area contributed by atoms with Crippen LogP contribution in [0, 0.1) is 6.92 Å². The Hall–Kier alpha value is -2.76. The van der Waals surface area contributed by atoms with Crippen LogP contribution in [0.25, 0.3) is 10.9 Å². The zero-order valence-corrected chi connectivity index (χ0v) is 16.4. The van der Waals surface area contributed by atoms with Crippen LogP contribution in [0.15, 0.2) is 41.7 Å². The fraction of sp³-hybridized carbons (Fsp3) is 0.429. The summed E-state index contributed by atoms with van der Waals surface area (Å²) in [5.41, 5.74) is 5.19. The first kappa shape index (κ1) is 17.6. The number of aliphatic imine (C=N–C) groups is 1. The molecule has 27 heavy (non-hydrogen) atoms. The SMILES string of the molecule is CN=C(NCCc1c(C)[nH]c2ccccc12)N1CCC(c2cnn(C)c2)C1. The number of nitrogens with one attached hydrogen (secondary N) is 2. The number of benzene rings is 1. The van der Waals surface area contributed by atoms with Gasteiger partial charge in [0, 0.05) is 62.4 Å². The number of aromatic nitrogens is 3. The molecule has 6 nitrogen and oxygen atoms in total.